The van der Waals surface area contributed by atoms with Gasteiger partial charge >= 0.3 is 0 Å². The first-order valence-corrected chi connectivity index (χ1v) is 6.91. The average Bonchev–Trinajstić information content (AvgIpc) is 2.75. The first-order valence-electron chi connectivity index (χ1n) is 6.91. The number of nitrogen functional groups attached to an aromatic ring is 1. The Morgan fingerprint density at radius 3 is 2.80 bits per heavy atom. The molecule has 1 fully saturated rings. The molecule has 0 aliphatic carbocycles. The second-order valence-corrected chi connectivity index (χ2v) is 5.63. The number of aromatic nitrogens is 2. The van der Waals surface area contributed by atoms with Gasteiger partial charge in [0.25, 0.3) is 0 Å². The maximum absolute atomic E-state index is 11.7. The van der Waals surface area contributed by atoms with Crippen molar-refractivity contribution in [2.45, 2.75) is 19.4 Å². The first kappa shape index (κ1) is 13.0. The molecule has 1 aromatic heterocycles. The highest BCUT2D eigenvalue weighted by atomic mass is 16.1. The van der Waals surface area contributed by atoms with Crippen molar-refractivity contribution in [2.75, 3.05) is 25.9 Å². The molecule has 1 aromatic carbocycles. The molecule has 3 N–H and O–H groups in total. The van der Waals surface area contributed by atoms with Gasteiger partial charge in [0, 0.05) is 29.6 Å². The minimum Gasteiger partial charge on any atom is -0.399 e. The Kier molecular flexibility index (Phi) is 3.14. The molecule has 2 heterocycles. The molecule has 0 spiro atoms. The molecule has 1 aliphatic rings. The molecule has 1 atom stereocenters. The predicted octanol–water partition coefficient (Wildman–Crippen LogP) is 2.14. The van der Waals surface area contributed by atoms with Gasteiger partial charge in [-0.3, -0.25) is 14.6 Å². The number of anilines is 1. The van der Waals surface area contributed by atoms with Gasteiger partial charge in [-0.1, -0.05) is 6.07 Å². The van der Waals surface area contributed by atoms with Crippen LogP contribution in [0.5, 0.6) is 0 Å². The van der Waals surface area contributed by atoms with Crippen LogP contribution in [-0.2, 0) is 0 Å². The summed E-state index contributed by atoms with van der Waals surface area (Å²) in [5.74, 6) is 0.0362. The van der Waals surface area contributed by atoms with Gasteiger partial charge in [0.15, 0.2) is 5.78 Å². The third kappa shape index (κ3) is 2.25. The molecule has 5 nitrogen and oxygen atoms in total. The predicted molar refractivity (Wildman–Crippen MR) is 79.8 cm³/mol. The van der Waals surface area contributed by atoms with Crippen LogP contribution in [0.25, 0.3) is 11.3 Å². The summed E-state index contributed by atoms with van der Waals surface area (Å²) in [6, 6.07) is 5.99. The number of ketones is 1. The van der Waals surface area contributed by atoms with Gasteiger partial charge in [0.05, 0.1) is 11.7 Å². The largest absolute Gasteiger partial charge is 0.399 e. The van der Waals surface area contributed by atoms with E-state index in [9.17, 15) is 4.79 Å². The van der Waals surface area contributed by atoms with E-state index in [1.807, 2.05) is 12.1 Å². The Bertz CT molecular complexity index is 628. The summed E-state index contributed by atoms with van der Waals surface area (Å²) >= 11 is 0. The second kappa shape index (κ2) is 4.83. The molecule has 20 heavy (non-hydrogen) atoms. The molecule has 0 saturated carbocycles. The zero-order valence-corrected chi connectivity index (χ0v) is 11.9. The van der Waals surface area contributed by atoms with E-state index >= 15 is 0 Å². The summed E-state index contributed by atoms with van der Waals surface area (Å²) < 4.78 is 2.14. The summed E-state index contributed by atoms with van der Waals surface area (Å²) in [6.07, 6.45) is 3.25. The number of likely N-dealkylation sites (tertiary alicyclic amines) is 1. The van der Waals surface area contributed by atoms with Crippen LogP contribution >= 0.6 is 0 Å². The van der Waals surface area contributed by atoms with Crippen LogP contribution in [0.1, 0.15) is 29.7 Å². The van der Waals surface area contributed by atoms with E-state index in [0.29, 0.717) is 17.3 Å². The lowest BCUT2D eigenvalue weighted by atomic mass is 10.0. The first-order chi connectivity index (χ1) is 9.54. The van der Waals surface area contributed by atoms with Gasteiger partial charge in [-0.25, -0.2) is 0 Å². The van der Waals surface area contributed by atoms with Crippen molar-refractivity contribution in [1.82, 2.24) is 14.7 Å². The molecule has 1 unspecified atom stereocenters. The molecule has 1 aliphatic heterocycles. The Labute approximate surface area is 118 Å². The molecule has 2 aromatic rings. The fourth-order valence-electron chi connectivity index (χ4n) is 2.83. The molecular formula is C15H20N4O. The summed E-state index contributed by atoms with van der Waals surface area (Å²) in [7, 11) is 2.14. The number of carbonyl (C=O) groups is 1. The van der Waals surface area contributed by atoms with Gasteiger partial charge in [0.1, 0.15) is 0 Å². The molecule has 106 valence electrons. The lowest BCUT2D eigenvalue weighted by Gasteiger charge is -2.22. The lowest BCUT2D eigenvalue weighted by molar-refractivity contribution is 0.101. The van der Waals surface area contributed by atoms with Gasteiger partial charge in [-0.05, 0) is 39.1 Å². The van der Waals surface area contributed by atoms with Crippen LogP contribution in [0.3, 0.4) is 0 Å². The van der Waals surface area contributed by atoms with E-state index in [2.05, 4.69) is 27.9 Å². The average molecular weight is 272 g/mol. The van der Waals surface area contributed by atoms with Crippen molar-refractivity contribution in [3.8, 4) is 11.3 Å². The van der Waals surface area contributed by atoms with E-state index in [1.165, 1.54) is 0 Å². The zero-order valence-electron chi connectivity index (χ0n) is 11.9. The minimum absolute atomic E-state index is 0.0362. The van der Waals surface area contributed by atoms with E-state index in [1.54, 1.807) is 13.0 Å². The van der Waals surface area contributed by atoms with Crippen LogP contribution in [0.4, 0.5) is 5.69 Å². The molecule has 0 radical (unpaired) electrons. The van der Waals surface area contributed by atoms with Gasteiger partial charge in [-0.2, -0.15) is 0 Å². The molecular weight excluding hydrogens is 252 g/mol. The molecule has 0 bridgehead atoms. The van der Waals surface area contributed by atoms with E-state index in [4.69, 9.17) is 5.73 Å². The smallest absolute Gasteiger partial charge is 0.160 e. The van der Waals surface area contributed by atoms with Crippen molar-refractivity contribution < 1.29 is 4.79 Å². The third-order valence-electron chi connectivity index (χ3n) is 3.99. The van der Waals surface area contributed by atoms with Crippen LogP contribution in [0.15, 0.2) is 24.4 Å². The number of H-pyrrole nitrogens is 1. The van der Waals surface area contributed by atoms with Crippen LogP contribution in [0, 0.1) is 0 Å². The van der Waals surface area contributed by atoms with Crippen molar-refractivity contribution in [2.24, 2.45) is 0 Å². The standard InChI is InChI=1S/C15H20N4O/c1-10(20)14-7-11(16)3-4-13(14)15-9-19(17-15)12-5-6-18(2)8-12/h3-4,7,9,12,17H,5-6,8,16H2,1-2H3. The lowest BCUT2D eigenvalue weighted by Crippen LogP contribution is -2.21. The van der Waals surface area contributed by atoms with Gasteiger partial charge in [-0.15, -0.1) is 0 Å². The molecule has 1 saturated heterocycles. The third-order valence-corrected chi connectivity index (χ3v) is 3.99. The quantitative estimate of drug-likeness (QED) is 0.664. The number of nitrogens with one attached hydrogen (secondary N) is 1. The van der Waals surface area contributed by atoms with Gasteiger partial charge in [0.2, 0.25) is 0 Å². The number of Topliss-reactive ketones (excluding diaryl/α,β-unsaturated/α-hetero) is 1. The molecule has 5 heteroatoms. The monoisotopic (exact) mass is 272 g/mol. The van der Waals surface area contributed by atoms with Crippen LogP contribution in [-0.4, -0.2) is 40.6 Å². The summed E-state index contributed by atoms with van der Waals surface area (Å²) in [5, 5.41) is 3.35. The highest BCUT2D eigenvalue weighted by molar-refractivity contribution is 6.01. The number of likely N-dealkylation sites (N-methyl/N-ethyl adjacent to an activating group) is 1. The van der Waals surface area contributed by atoms with Crippen molar-refractivity contribution in [3.63, 3.8) is 0 Å². The summed E-state index contributed by atoms with van der Waals surface area (Å²) in [5.41, 5.74) is 8.97. The van der Waals surface area contributed by atoms with Crippen LogP contribution in [0.2, 0.25) is 0 Å². The van der Waals surface area contributed by atoms with Crippen LogP contribution < -0.4 is 5.73 Å². The topological polar surface area (TPSA) is 67.1 Å². The fraction of sp³-hybridized carbons (Fsp3) is 0.400. The van der Waals surface area contributed by atoms with E-state index in [-0.39, 0.29) is 5.78 Å². The maximum Gasteiger partial charge on any atom is 0.160 e. The molecule has 3 rings (SSSR count). The summed E-state index contributed by atoms with van der Waals surface area (Å²) in [4.78, 5) is 14.0. The number of hydrogen-bond acceptors (Lipinski definition) is 3. The number of rotatable bonds is 3. The number of nitrogens with two attached hydrogens (primary N) is 1. The van der Waals surface area contributed by atoms with Crippen molar-refractivity contribution in [1.29, 1.82) is 0 Å². The zero-order chi connectivity index (χ0) is 14.3. The van der Waals surface area contributed by atoms with Crippen molar-refractivity contribution >= 4 is 11.5 Å². The maximum atomic E-state index is 11.7. The highest BCUT2D eigenvalue weighted by Crippen LogP contribution is 2.29. The van der Waals surface area contributed by atoms with Gasteiger partial charge < -0.3 is 10.6 Å². The number of aromatic amines is 1. The minimum atomic E-state index is 0.0362. The number of nitrogens with zero attached hydrogens (tertiary/aromatic N) is 2. The Hall–Kier alpha value is -2.01. The second-order valence-electron chi connectivity index (χ2n) is 5.63. The van der Waals surface area contributed by atoms with E-state index < -0.39 is 0 Å². The molecule has 0 amide bonds. The number of hydrogen-bond donors (Lipinski definition) is 2. The van der Waals surface area contributed by atoms with E-state index in [0.717, 1.165) is 30.8 Å². The normalized spacial score (nSPS) is 19.6. The SMILES string of the molecule is CC(=O)c1cc(N)ccc1-c1cn(C2CCN(C)C2)[nH]1. The Balaban J connectivity index is 1.86. The highest BCUT2D eigenvalue weighted by Gasteiger charge is 2.23. The summed E-state index contributed by atoms with van der Waals surface area (Å²) in [6.45, 7) is 3.77. The number of carbonyl (C=O) groups excluding carboxylic acids is 1. The van der Waals surface area contributed by atoms with Crippen molar-refractivity contribution in [3.05, 3.63) is 30.0 Å². The fourth-order valence-corrected chi connectivity index (χ4v) is 2.83. The Morgan fingerprint density at radius 2 is 2.20 bits per heavy atom. The number of benzene rings is 1. The Morgan fingerprint density at radius 1 is 1.45 bits per heavy atom.